The summed E-state index contributed by atoms with van der Waals surface area (Å²) in [7, 11) is -4.76. The third-order valence-electron chi connectivity index (χ3n) is 4.97. The zero-order valence-electron chi connectivity index (χ0n) is 18.7. The average Bonchev–Trinajstić information content (AvgIpc) is 3.00. The zero-order valence-corrected chi connectivity index (χ0v) is 19.6. The number of carbonyl (C=O) groups is 1. The normalized spacial score (nSPS) is 25.3. The summed E-state index contributed by atoms with van der Waals surface area (Å²) in [6.07, 6.45) is 11.3. The second-order valence-electron chi connectivity index (χ2n) is 7.69. The molecule has 0 spiro atoms. The molecule has 0 bridgehead atoms. The number of nitrogens with zero attached hydrogens (tertiary/aromatic N) is 1. The molecule has 1 heterocycles. The topological polar surface area (TPSA) is 158 Å². The minimum atomic E-state index is -4.76. The monoisotopic (exact) mass is 476 g/mol. The molecule has 5 unspecified atom stereocenters. The van der Waals surface area contributed by atoms with Crippen LogP contribution in [-0.2, 0) is 13.8 Å². The van der Waals surface area contributed by atoms with Crippen LogP contribution in [0.1, 0.15) is 58.8 Å². The Bertz CT molecular complexity index is 679. The molecule has 0 aliphatic carbocycles. The summed E-state index contributed by atoms with van der Waals surface area (Å²) in [5, 5.41) is 22.3. The predicted octanol–water partition coefficient (Wildman–Crippen LogP) is 2.82. The molecule has 1 aliphatic rings. The first-order chi connectivity index (χ1) is 15.2. The maximum absolute atomic E-state index is 12.2. The van der Waals surface area contributed by atoms with Gasteiger partial charge in [-0.15, -0.1) is 0 Å². The van der Waals surface area contributed by atoms with Gasteiger partial charge < -0.3 is 30.1 Å². The van der Waals surface area contributed by atoms with Crippen molar-refractivity contribution in [2.45, 2.75) is 83.3 Å². The fraction of sp³-hybridized carbons (Fsp3) is 0.714. The third-order valence-corrected chi connectivity index (χ3v) is 5.46. The van der Waals surface area contributed by atoms with E-state index in [9.17, 15) is 19.6 Å². The van der Waals surface area contributed by atoms with Gasteiger partial charge in [-0.25, -0.2) is 14.4 Å². The number of amides is 2. The number of phosphoric ester groups is 1. The quantitative estimate of drug-likeness (QED) is 0.111. The summed E-state index contributed by atoms with van der Waals surface area (Å²) in [5.74, 6) is 0.0946. The van der Waals surface area contributed by atoms with Gasteiger partial charge in [0, 0.05) is 6.21 Å². The second kappa shape index (κ2) is 15.4. The Balaban J connectivity index is 2.57. The zero-order chi connectivity index (χ0) is 24.0. The fourth-order valence-corrected chi connectivity index (χ4v) is 3.49. The Morgan fingerprint density at radius 1 is 1.16 bits per heavy atom. The fourth-order valence-electron chi connectivity index (χ4n) is 3.15. The number of hydrogen-bond acceptors (Lipinski definition) is 6. The van der Waals surface area contributed by atoms with Crippen LogP contribution in [0, 0.1) is 5.92 Å². The molecule has 1 aliphatic heterocycles. The van der Waals surface area contributed by atoms with E-state index in [0.29, 0.717) is 0 Å². The lowest BCUT2D eigenvalue weighted by molar-refractivity contribution is -0.0276. The number of aliphatic hydroxyl groups excluding tert-OH is 2. The highest BCUT2D eigenvalue weighted by atomic mass is 31.2. The summed E-state index contributed by atoms with van der Waals surface area (Å²) in [6.45, 7) is 3.46. The minimum Gasteiger partial charge on any atom is -0.387 e. The molecule has 5 atom stereocenters. The van der Waals surface area contributed by atoms with Crippen LogP contribution in [0.5, 0.6) is 0 Å². The number of nitrogens with one attached hydrogen (secondary N) is 1. The Hall–Kier alpha value is -1.39. The lowest BCUT2D eigenvalue weighted by atomic mass is 9.98. The molecule has 10 nitrogen and oxygen atoms in total. The van der Waals surface area contributed by atoms with E-state index in [1.54, 1.807) is 6.21 Å². The first-order valence-corrected chi connectivity index (χ1v) is 12.5. The molecule has 0 aromatic heterocycles. The van der Waals surface area contributed by atoms with Crippen LogP contribution in [0.25, 0.3) is 0 Å². The Morgan fingerprint density at radius 3 is 2.44 bits per heavy atom. The number of hydrogen-bond donors (Lipinski definition) is 5. The van der Waals surface area contributed by atoms with E-state index in [4.69, 9.17) is 14.5 Å². The number of unbranched alkanes of at least 4 members (excludes halogenated alkanes) is 2. The van der Waals surface area contributed by atoms with Crippen LogP contribution in [0.4, 0.5) is 4.79 Å². The number of allylic oxidation sites excluding steroid dienone is 4. The largest absolute Gasteiger partial charge is 0.469 e. The highest BCUT2D eigenvalue weighted by molar-refractivity contribution is 7.46. The minimum absolute atomic E-state index is 0.0946. The molecule has 0 radical (unpaired) electrons. The van der Waals surface area contributed by atoms with Crippen LogP contribution in [-0.4, -0.2) is 63.4 Å². The lowest BCUT2D eigenvalue weighted by Crippen LogP contribution is -2.42. The van der Waals surface area contributed by atoms with Gasteiger partial charge >= 0.3 is 13.9 Å². The molecule has 11 heteroatoms. The van der Waals surface area contributed by atoms with E-state index in [1.807, 2.05) is 13.0 Å². The van der Waals surface area contributed by atoms with Gasteiger partial charge in [-0.05, 0) is 44.9 Å². The van der Waals surface area contributed by atoms with Gasteiger partial charge in [0.1, 0.15) is 18.3 Å². The molecule has 1 rings (SSSR count). The number of rotatable bonds is 14. The molecular formula is C21H37N2O8P. The van der Waals surface area contributed by atoms with Crippen molar-refractivity contribution in [1.82, 2.24) is 5.32 Å². The molecular weight excluding hydrogens is 439 g/mol. The number of aliphatic imine (C=N–C) groups is 1. The van der Waals surface area contributed by atoms with Gasteiger partial charge in [0.05, 0.1) is 6.61 Å². The third kappa shape index (κ3) is 12.0. The van der Waals surface area contributed by atoms with Crippen molar-refractivity contribution < 1.29 is 38.6 Å². The summed E-state index contributed by atoms with van der Waals surface area (Å²) >= 11 is 0. The van der Waals surface area contributed by atoms with Gasteiger partial charge in [0.25, 0.3) is 0 Å². The highest BCUT2D eigenvalue weighted by Crippen LogP contribution is 2.37. The SMILES string of the molecule is C/C=C\CCC(/C=N\C(=O)NC1OC(COP(=O)(O)O)C(O)C1O)CC/C=C\CCCC. The van der Waals surface area contributed by atoms with E-state index in [0.717, 1.165) is 38.5 Å². The van der Waals surface area contributed by atoms with Crippen molar-refractivity contribution in [2.75, 3.05) is 6.61 Å². The molecule has 184 valence electrons. The van der Waals surface area contributed by atoms with Crippen molar-refractivity contribution in [3.05, 3.63) is 24.3 Å². The Kier molecular flexibility index (Phi) is 13.8. The summed E-state index contributed by atoms with van der Waals surface area (Å²) < 4.78 is 20.3. The molecule has 0 aromatic rings. The van der Waals surface area contributed by atoms with Crippen LogP contribution in [0.2, 0.25) is 0 Å². The second-order valence-corrected chi connectivity index (χ2v) is 8.93. The number of aliphatic hydroxyl groups is 2. The molecule has 0 aromatic carbocycles. The lowest BCUT2D eigenvalue weighted by Gasteiger charge is -2.15. The van der Waals surface area contributed by atoms with E-state index in [-0.39, 0.29) is 5.92 Å². The maximum Gasteiger partial charge on any atom is 0.469 e. The summed E-state index contributed by atoms with van der Waals surface area (Å²) in [6, 6.07) is -0.743. The molecule has 5 N–H and O–H groups in total. The van der Waals surface area contributed by atoms with E-state index in [2.05, 4.69) is 40.0 Å². The van der Waals surface area contributed by atoms with Crippen LogP contribution < -0.4 is 5.32 Å². The van der Waals surface area contributed by atoms with Crippen molar-refractivity contribution in [3.8, 4) is 0 Å². The van der Waals surface area contributed by atoms with Crippen molar-refractivity contribution in [3.63, 3.8) is 0 Å². The van der Waals surface area contributed by atoms with E-state index in [1.165, 1.54) is 6.42 Å². The van der Waals surface area contributed by atoms with E-state index >= 15 is 0 Å². The Morgan fingerprint density at radius 2 is 1.81 bits per heavy atom. The number of carbonyl (C=O) groups excluding carboxylic acids is 1. The van der Waals surface area contributed by atoms with Crippen molar-refractivity contribution in [1.29, 1.82) is 0 Å². The predicted molar refractivity (Wildman–Crippen MR) is 121 cm³/mol. The number of ether oxygens (including phenoxy) is 1. The summed E-state index contributed by atoms with van der Waals surface area (Å²) in [5.41, 5.74) is 0. The molecule has 2 amide bonds. The van der Waals surface area contributed by atoms with Crippen molar-refractivity contribution in [2.24, 2.45) is 10.9 Å². The average molecular weight is 477 g/mol. The first-order valence-electron chi connectivity index (χ1n) is 11.0. The van der Waals surface area contributed by atoms with Crippen LogP contribution in [0.3, 0.4) is 0 Å². The molecule has 0 saturated carbocycles. The molecule has 1 saturated heterocycles. The summed E-state index contributed by atoms with van der Waals surface area (Å²) in [4.78, 5) is 33.6. The standard InChI is InChI=1S/C21H37N2O8P/c1-3-5-7-8-9-11-13-16(12-10-6-4-2)14-22-21(26)23-20-19(25)18(24)17(31-20)15-30-32(27,28)29/h4,6,8-9,14,16-20,24-25H,3,5,7,10-13,15H2,1-2H3,(H,23,26)(H2,27,28,29)/b6-4-,9-8-,22-14-. The smallest absolute Gasteiger partial charge is 0.387 e. The van der Waals surface area contributed by atoms with Crippen LogP contribution in [0.15, 0.2) is 29.3 Å². The molecule has 1 fully saturated rings. The van der Waals surface area contributed by atoms with Gasteiger partial charge in [0.2, 0.25) is 0 Å². The maximum atomic E-state index is 12.2. The van der Waals surface area contributed by atoms with Gasteiger partial charge in [-0.3, -0.25) is 4.52 Å². The van der Waals surface area contributed by atoms with E-state index < -0.39 is 45.0 Å². The van der Waals surface area contributed by atoms with Crippen LogP contribution >= 0.6 is 7.82 Å². The van der Waals surface area contributed by atoms with Gasteiger partial charge in [-0.1, -0.05) is 44.1 Å². The van der Waals surface area contributed by atoms with Crippen molar-refractivity contribution >= 4 is 20.1 Å². The van der Waals surface area contributed by atoms with Gasteiger partial charge in [-0.2, -0.15) is 0 Å². The Labute approximate surface area is 189 Å². The molecule has 32 heavy (non-hydrogen) atoms. The highest BCUT2D eigenvalue weighted by Gasteiger charge is 2.44. The number of phosphoric acid groups is 1. The van der Waals surface area contributed by atoms with Gasteiger partial charge in [0.15, 0.2) is 6.23 Å². The number of urea groups is 1. The first kappa shape index (κ1) is 28.6.